The molecular formula is C15H17N3O2. The third-order valence-electron chi connectivity index (χ3n) is 2.72. The Labute approximate surface area is 117 Å². The minimum absolute atomic E-state index is 0.184. The van der Waals surface area contributed by atoms with Crippen molar-refractivity contribution in [3.8, 4) is 0 Å². The van der Waals surface area contributed by atoms with E-state index in [-0.39, 0.29) is 12.5 Å². The van der Waals surface area contributed by atoms with Crippen molar-refractivity contribution in [3.05, 3.63) is 54.0 Å². The van der Waals surface area contributed by atoms with Crippen molar-refractivity contribution in [1.82, 2.24) is 5.43 Å². The molecule has 0 saturated carbocycles. The van der Waals surface area contributed by atoms with E-state index in [1.165, 1.54) is 6.21 Å². The minimum atomic E-state index is -0.184. The first-order valence-electron chi connectivity index (χ1n) is 6.29. The molecule has 2 rings (SSSR count). The highest BCUT2D eigenvalue weighted by Crippen LogP contribution is 2.09. The number of hydrogen-bond acceptors (Lipinski definition) is 4. The molecule has 1 aromatic heterocycles. The van der Waals surface area contributed by atoms with Gasteiger partial charge in [-0.3, -0.25) is 4.79 Å². The van der Waals surface area contributed by atoms with E-state index in [1.54, 1.807) is 6.07 Å². The molecule has 0 saturated heterocycles. The van der Waals surface area contributed by atoms with Crippen molar-refractivity contribution in [2.24, 2.45) is 5.10 Å². The highest BCUT2D eigenvalue weighted by molar-refractivity contribution is 5.83. The van der Waals surface area contributed by atoms with Crippen molar-refractivity contribution < 1.29 is 9.21 Å². The third kappa shape index (κ3) is 3.98. The standard InChI is InChI=1S/C15H17N3O2/c1-12-8-9-14(20-12)10-16-17-15(19)11-18(2)13-6-4-3-5-7-13/h3-10H,11H2,1-2H3,(H,17,19). The van der Waals surface area contributed by atoms with Crippen LogP contribution in [0.15, 0.2) is 52.0 Å². The van der Waals surface area contributed by atoms with Crippen LogP contribution in [-0.2, 0) is 4.79 Å². The Bertz CT molecular complexity index is 590. The van der Waals surface area contributed by atoms with Gasteiger partial charge in [-0.1, -0.05) is 18.2 Å². The second-order valence-corrected chi connectivity index (χ2v) is 4.43. The summed E-state index contributed by atoms with van der Waals surface area (Å²) in [6.07, 6.45) is 1.48. The lowest BCUT2D eigenvalue weighted by atomic mass is 10.3. The first-order chi connectivity index (χ1) is 9.65. The van der Waals surface area contributed by atoms with Gasteiger partial charge in [0, 0.05) is 12.7 Å². The average molecular weight is 271 g/mol. The zero-order chi connectivity index (χ0) is 14.4. The molecule has 0 aliphatic carbocycles. The lowest BCUT2D eigenvalue weighted by Gasteiger charge is -2.17. The van der Waals surface area contributed by atoms with Crippen LogP contribution in [0, 0.1) is 6.92 Å². The second-order valence-electron chi connectivity index (χ2n) is 4.43. The zero-order valence-electron chi connectivity index (χ0n) is 11.5. The summed E-state index contributed by atoms with van der Waals surface area (Å²) >= 11 is 0. The minimum Gasteiger partial charge on any atom is -0.460 e. The Balaban J connectivity index is 1.82. The maximum Gasteiger partial charge on any atom is 0.259 e. The fourth-order valence-electron chi connectivity index (χ4n) is 1.72. The van der Waals surface area contributed by atoms with Crippen LogP contribution in [-0.4, -0.2) is 25.7 Å². The quantitative estimate of drug-likeness (QED) is 0.670. The van der Waals surface area contributed by atoms with Gasteiger partial charge in [0.05, 0.1) is 12.8 Å². The number of nitrogens with one attached hydrogen (secondary N) is 1. The van der Waals surface area contributed by atoms with Gasteiger partial charge >= 0.3 is 0 Å². The number of likely N-dealkylation sites (N-methyl/N-ethyl adjacent to an activating group) is 1. The van der Waals surface area contributed by atoms with Crippen molar-refractivity contribution in [2.75, 3.05) is 18.5 Å². The van der Waals surface area contributed by atoms with Gasteiger partial charge in [0.15, 0.2) is 0 Å². The van der Waals surface area contributed by atoms with Crippen LogP contribution in [0.3, 0.4) is 0 Å². The van der Waals surface area contributed by atoms with Crippen molar-refractivity contribution in [3.63, 3.8) is 0 Å². The number of amides is 1. The summed E-state index contributed by atoms with van der Waals surface area (Å²) in [5.41, 5.74) is 3.45. The van der Waals surface area contributed by atoms with E-state index in [2.05, 4.69) is 10.5 Å². The van der Waals surface area contributed by atoms with E-state index >= 15 is 0 Å². The van der Waals surface area contributed by atoms with Crippen molar-refractivity contribution >= 4 is 17.8 Å². The third-order valence-corrected chi connectivity index (χ3v) is 2.72. The number of carbonyl (C=O) groups excluding carboxylic acids is 1. The molecule has 1 amide bonds. The van der Waals surface area contributed by atoms with Gasteiger partial charge in [-0.15, -0.1) is 0 Å². The van der Waals surface area contributed by atoms with Gasteiger partial charge in [0.1, 0.15) is 11.5 Å². The molecule has 5 heteroatoms. The molecule has 20 heavy (non-hydrogen) atoms. The molecule has 0 fully saturated rings. The van der Waals surface area contributed by atoms with E-state index in [0.29, 0.717) is 5.76 Å². The van der Waals surface area contributed by atoms with Crippen LogP contribution in [0.25, 0.3) is 0 Å². The number of hydrogen-bond donors (Lipinski definition) is 1. The van der Waals surface area contributed by atoms with Crippen LogP contribution in [0.2, 0.25) is 0 Å². The Morgan fingerprint density at radius 2 is 2.05 bits per heavy atom. The number of para-hydroxylation sites is 1. The molecule has 0 aliphatic heterocycles. The van der Waals surface area contributed by atoms with Crippen molar-refractivity contribution in [2.45, 2.75) is 6.92 Å². The molecule has 1 aromatic carbocycles. The normalized spacial score (nSPS) is 10.7. The zero-order valence-corrected chi connectivity index (χ0v) is 11.5. The summed E-state index contributed by atoms with van der Waals surface area (Å²) in [6.45, 7) is 2.09. The summed E-state index contributed by atoms with van der Waals surface area (Å²) < 4.78 is 5.30. The van der Waals surface area contributed by atoms with Gasteiger partial charge in [-0.25, -0.2) is 5.43 Å². The number of rotatable bonds is 5. The van der Waals surface area contributed by atoms with E-state index < -0.39 is 0 Å². The van der Waals surface area contributed by atoms with Crippen LogP contribution < -0.4 is 10.3 Å². The highest BCUT2D eigenvalue weighted by atomic mass is 16.3. The molecule has 0 aliphatic rings. The van der Waals surface area contributed by atoms with Gasteiger partial charge < -0.3 is 9.32 Å². The van der Waals surface area contributed by atoms with Crippen LogP contribution in [0.1, 0.15) is 11.5 Å². The lowest BCUT2D eigenvalue weighted by molar-refractivity contribution is -0.119. The summed E-state index contributed by atoms with van der Waals surface area (Å²) in [4.78, 5) is 13.6. The molecule has 0 bridgehead atoms. The number of anilines is 1. The molecular weight excluding hydrogens is 254 g/mol. The molecule has 0 radical (unpaired) electrons. The Hall–Kier alpha value is -2.56. The molecule has 1 N–H and O–H groups in total. The fraction of sp³-hybridized carbons (Fsp3) is 0.200. The molecule has 0 atom stereocenters. The largest absolute Gasteiger partial charge is 0.460 e. The average Bonchev–Trinajstić information content (AvgIpc) is 2.85. The Morgan fingerprint density at radius 1 is 1.30 bits per heavy atom. The number of aryl methyl sites for hydroxylation is 1. The highest BCUT2D eigenvalue weighted by Gasteiger charge is 2.05. The lowest BCUT2D eigenvalue weighted by Crippen LogP contribution is -2.32. The number of hydrazone groups is 1. The summed E-state index contributed by atoms with van der Waals surface area (Å²) in [5, 5.41) is 3.86. The molecule has 5 nitrogen and oxygen atoms in total. The predicted octanol–water partition coefficient (Wildman–Crippen LogP) is 2.17. The molecule has 1 heterocycles. The molecule has 2 aromatic rings. The monoisotopic (exact) mass is 271 g/mol. The van der Waals surface area contributed by atoms with Crippen molar-refractivity contribution in [1.29, 1.82) is 0 Å². The first kappa shape index (κ1) is 13.9. The molecule has 104 valence electrons. The van der Waals surface area contributed by atoms with Crippen LogP contribution >= 0.6 is 0 Å². The number of nitrogens with zero attached hydrogens (tertiary/aromatic N) is 2. The maximum absolute atomic E-state index is 11.7. The fourth-order valence-corrected chi connectivity index (χ4v) is 1.72. The number of furan rings is 1. The van der Waals surface area contributed by atoms with Gasteiger partial charge in [-0.2, -0.15) is 5.10 Å². The summed E-state index contributed by atoms with van der Waals surface area (Å²) in [6, 6.07) is 13.3. The maximum atomic E-state index is 11.7. The number of carbonyl (C=O) groups is 1. The van der Waals surface area contributed by atoms with Gasteiger partial charge in [0.25, 0.3) is 5.91 Å². The van der Waals surface area contributed by atoms with Crippen LogP contribution in [0.5, 0.6) is 0 Å². The molecule has 0 unspecified atom stereocenters. The SMILES string of the molecule is Cc1ccc(C=NNC(=O)CN(C)c2ccccc2)o1. The summed E-state index contributed by atoms with van der Waals surface area (Å²) in [5.74, 6) is 1.23. The van der Waals surface area contributed by atoms with Gasteiger partial charge in [-0.05, 0) is 31.2 Å². The van der Waals surface area contributed by atoms with Crippen LogP contribution in [0.4, 0.5) is 5.69 Å². The second kappa shape index (κ2) is 6.56. The topological polar surface area (TPSA) is 57.8 Å². The van der Waals surface area contributed by atoms with E-state index in [9.17, 15) is 4.79 Å². The number of benzene rings is 1. The summed E-state index contributed by atoms with van der Waals surface area (Å²) in [7, 11) is 1.86. The smallest absolute Gasteiger partial charge is 0.259 e. The van der Waals surface area contributed by atoms with Gasteiger partial charge in [0.2, 0.25) is 0 Å². The Morgan fingerprint density at radius 3 is 2.70 bits per heavy atom. The predicted molar refractivity (Wildman–Crippen MR) is 78.9 cm³/mol. The Kier molecular flexibility index (Phi) is 4.55. The van der Waals surface area contributed by atoms with E-state index in [1.807, 2.05) is 55.3 Å². The first-order valence-corrected chi connectivity index (χ1v) is 6.29. The molecule has 0 spiro atoms. The van der Waals surface area contributed by atoms with E-state index in [4.69, 9.17) is 4.42 Å². The van der Waals surface area contributed by atoms with E-state index in [0.717, 1.165) is 11.4 Å².